The van der Waals surface area contributed by atoms with E-state index in [0.29, 0.717) is 17.4 Å². The smallest absolute Gasteiger partial charge is 0.266 e. The highest BCUT2D eigenvalue weighted by molar-refractivity contribution is 9.10. The number of anilines is 1. The lowest BCUT2D eigenvalue weighted by atomic mass is 10.2. The maximum Gasteiger partial charge on any atom is 0.266 e. The molecule has 5 nitrogen and oxygen atoms in total. The number of benzene rings is 2. The van der Waals surface area contributed by atoms with Crippen LogP contribution in [-0.4, -0.2) is 49.6 Å². The first-order chi connectivity index (χ1) is 13.4. The van der Waals surface area contributed by atoms with Crippen molar-refractivity contribution in [1.29, 1.82) is 0 Å². The molecule has 0 aliphatic heterocycles. The number of hydrogen-bond donors (Lipinski definition) is 0. The molecule has 0 saturated carbocycles. The van der Waals surface area contributed by atoms with Crippen LogP contribution in [0.15, 0.2) is 46.9 Å². The predicted molar refractivity (Wildman–Crippen MR) is 127 cm³/mol. The number of halogens is 2. The summed E-state index contributed by atoms with van der Waals surface area (Å²) >= 11 is 5.02. The molecule has 29 heavy (non-hydrogen) atoms. The van der Waals surface area contributed by atoms with Gasteiger partial charge in [0.25, 0.3) is 5.91 Å². The number of hydrogen-bond acceptors (Lipinski definition) is 5. The summed E-state index contributed by atoms with van der Waals surface area (Å²) in [5.41, 5.74) is 2.00. The fourth-order valence-corrected chi connectivity index (χ4v) is 4.36. The van der Waals surface area contributed by atoms with Gasteiger partial charge in [-0.15, -0.1) is 12.4 Å². The van der Waals surface area contributed by atoms with E-state index >= 15 is 0 Å². The Labute approximate surface area is 190 Å². The van der Waals surface area contributed by atoms with Gasteiger partial charge in [-0.1, -0.05) is 39.4 Å². The van der Waals surface area contributed by atoms with Crippen LogP contribution in [0.2, 0.25) is 0 Å². The van der Waals surface area contributed by atoms with Gasteiger partial charge in [0.1, 0.15) is 5.75 Å². The Morgan fingerprint density at radius 1 is 1.17 bits per heavy atom. The minimum absolute atomic E-state index is 0. The van der Waals surface area contributed by atoms with Gasteiger partial charge in [-0.25, -0.2) is 4.98 Å². The molecule has 0 bridgehead atoms. The molecule has 0 fully saturated rings. The SMILES string of the molecule is Cc1cccc(OCC(=O)N(CCCN(C)C)c2nc3ccc(Br)cc3s2)c1.Cl. The van der Waals surface area contributed by atoms with Crippen molar-refractivity contribution in [3.8, 4) is 5.75 Å². The molecular weight excluding hydrogens is 474 g/mol. The van der Waals surface area contributed by atoms with Gasteiger partial charge in [0, 0.05) is 11.0 Å². The summed E-state index contributed by atoms with van der Waals surface area (Å²) < 4.78 is 7.79. The third kappa shape index (κ3) is 6.67. The zero-order chi connectivity index (χ0) is 20.1. The number of aromatic nitrogens is 1. The van der Waals surface area contributed by atoms with Gasteiger partial charge in [0.2, 0.25) is 0 Å². The second-order valence-electron chi connectivity index (χ2n) is 6.92. The van der Waals surface area contributed by atoms with Crippen LogP contribution >= 0.6 is 39.7 Å². The third-order valence-electron chi connectivity index (χ3n) is 4.21. The van der Waals surface area contributed by atoms with Gasteiger partial charge in [0.15, 0.2) is 11.7 Å². The first-order valence-corrected chi connectivity index (χ1v) is 10.7. The van der Waals surface area contributed by atoms with Crippen molar-refractivity contribution in [3.63, 3.8) is 0 Å². The summed E-state index contributed by atoms with van der Waals surface area (Å²) in [6.07, 6.45) is 0.864. The minimum Gasteiger partial charge on any atom is -0.484 e. The molecule has 0 aliphatic rings. The minimum atomic E-state index is -0.0848. The summed E-state index contributed by atoms with van der Waals surface area (Å²) in [6.45, 7) is 3.50. The highest BCUT2D eigenvalue weighted by Crippen LogP contribution is 2.31. The van der Waals surface area contributed by atoms with Gasteiger partial charge in [-0.3, -0.25) is 9.69 Å². The summed E-state index contributed by atoms with van der Waals surface area (Å²) in [7, 11) is 4.06. The molecule has 0 unspecified atom stereocenters. The van der Waals surface area contributed by atoms with E-state index in [-0.39, 0.29) is 24.9 Å². The fourth-order valence-electron chi connectivity index (χ4n) is 2.80. The normalized spacial score (nSPS) is 10.8. The van der Waals surface area contributed by atoms with E-state index in [1.807, 2.05) is 63.5 Å². The van der Waals surface area contributed by atoms with Crippen LogP contribution in [0, 0.1) is 6.92 Å². The third-order valence-corrected chi connectivity index (χ3v) is 5.74. The van der Waals surface area contributed by atoms with Crippen molar-refractivity contribution >= 4 is 60.9 Å². The molecule has 0 saturated heterocycles. The number of fused-ring (bicyclic) bond motifs is 1. The lowest BCUT2D eigenvalue weighted by Crippen LogP contribution is -2.36. The van der Waals surface area contributed by atoms with Crippen molar-refractivity contribution in [1.82, 2.24) is 9.88 Å². The first-order valence-electron chi connectivity index (χ1n) is 9.13. The second-order valence-corrected chi connectivity index (χ2v) is 8.84. The van der Waals surface area contributed by atoms with Crippen LogP contribution in [0.1, 0.15) is 12.0 Å². The maximum atomic E-state index is 13.0. The number of aryl methyl sites for hydroxylation is 1. The molecule has 3 aromatic rings. The number of rotatable bonds is 8. The van der Waals surface area contributed by atoms with E-state index in [4.69, 9.17) is 4.74 Å². The zero-order valence-electron chi connectivity index (χ0n) is 16.7. The molecule has 0 spiro atoms. The number of amides is 1. The van der Waals surface area contributed by atoms with Crippen LogP contribution in [0.5, 0.6) is 5.75 Å². The maximum absolute atomic E-state index is 13.0. The summed E-state index contributed by atoms with van der Waals surface area (Å²) in [5, 5.41) is 0.713. The molecule has 1 aromatic heterocycles. The number of thiazole rings is 1. The predicted octanol–water partition coefficient (Wildman–Crippen LogP) is 5.15. The quantitative estimate of drug-likeness (QED) is 0.431. The number of carbonyl (C=O) groups excluding carboxylic acids is 1. The van der Waals surface area contributed by atoms with Gasteiger partial charge in [-0.2, -0.15) is 0 Å². The van der Waals surface area contributed by atoms with E-state index < -0.39 is 0 Å². The van der Waals surface area contributed by atoms with Crippen molar-refractivity contribution in [2.75, 3.05) is 38.7 Å². The average molecular weight is 499 g/mol. The topological polar surface area (TPSA) is 45.7 Å². The van der Waals surface area contributed by atoms with Crippen molar-refractivity contribution in [3.05, 3.63) is 52.5 Å². The molecule has 156 valence electrons. The second kappa shape index (κ2) is 10.9. The molecule has 0 N–H and O–H groups in total. The number of nitrogens with zero attached hydrogens (tertiary/aromatic N) is 3. The van der Waals surface area contributed by atoms with E-state index in [2.05, 4.69) is 25.8 Å². The Morgan fingerprint density at radius 2 is 1.97 bits per heavy atom. The Kier molecular flexibility index (Phi) is 8.89. The fraction of sp³-hybridized carbons (Fsp3) is 0.333. The highest BCUT2D eigenvalue weighted by Gasteiger charge is 2.20. The van der Waals surface area contributed by atoms with E-state index in [1.54, 1.807) is 4.90 Å². The van der Waals surface area contributed by atoms with Crippen molar-refractivity contribution < 1.29 is 9.53 Å². The van der Waals surface area contributed by atoms with E-state index in [9.17, 15) is 4.79 Å². The molecule has 1 heterocycles. The van der Waals surface area contributed by atoms with E-state index in [1.165, 1.54) is 11.3 Å². The van der Waals surface area contributed by atoms with Gasteiger partial charge < -0.3 is 9.64 Å². The van der Waals surface area contributed by atoms with Gasteiger partial charge >= 0.3 is 0 Å². The molecule has 8 heteroatoms. The number of carbonyl (C=O) groups is 1. The monoisotopic (exact) mass is 497 g/mol. The molecule has 0 radical (unpaired) electrons. The lowest BCUT2D eigenvalue weighted by Gasteiger charge is -2.21. The average Bonchev–Trinajstić information content (AvgIpc) is 3.05. The van der Waals surface area contributed by atoms with Crippen LogP contribution in [-0.2, 0) is 4.79 Å². The highest BCUT2D eigenvalue weighted by atomic mass is 79.9. The molecule has 3 rings (SSSR count). The van der Waals surface area contributed by atoms with Gasteiger partial charge in [0.05, 0.1) is 10.2 Å². The van der Waals surface area contributed by atoms with Gasteiger partial charge in [-0.05, 0) is 69.9 Å². The summed E-state index contributed by atoms with van der Waals surface area (Å²) in [5.74, 6) is 0.619. The first kappa shape index (κ1) is 23.6. The van der Waals surface area contributed by atoms with Crippen LogP contribution in [0.25, 0.3) is 10.2 Å². The van der Waals surface area contributed by atoms with E-state index in [0.717, 1.165) is 33.2 Å². The molecule has 2 aromatic carbocycles. The number of ether oxygens (including phenoxy) is 1. The van der Waals surface area contributed by atoms with Crippen LogP contribution in [0.4, 0.5) is 5.13 Å². The summed E-state index contributed by atoms with van der Waals surface area (Å²) in [4.78, 5) is 21.5. The Morgan fingerprint density at radius 3 is 2.69 bits per heavy atom. The van der Waals surface area contributed by atoms with Crippen molar-refractivity contribution in [2.24, 2.45) is 0 Å². The molecule has 1 amide bonds. The zero-order valence-corrected chi connectivity index (χ0v) is 19.9. The van der Waals surface area contributed by atoms with Crippen LogP contribution < -0.4 is 9.64 Å². The summed E-state index contributed by atoms with van der Waals surface area (Å²) in [6, 6.07) is 13.7. The van der Waals surface area contributed by atoms with Crippen LogP contribution in [0.3, 0.4) is 0 Å². The standard InChI is InChI=1S/C21H24BrN3O2S.ClH/c1-15-6-4-7-17(12-15)27-14-20(26)25(11-5-10-24(2)3)21-23-18-9-8-16(22)13-19(18)28-21;/h4,6-9,12-13H,5,10-11,14H2,1-3H3;1H. The molecular formula is C21H25BrClN3O2S. The Bertz CT molecular complexity index is 964. The molecule has 0 aliphatic carbocycles. The Hall–Kier alpha value is -1.67. The largest absolute Gasteiger partial charge is 0.484 e. The Balaban J connectivity index is 0.00000300. The lowest BCUT2D eigenvalue weighted by molar-refractivity contribution is -0.120. The molecule has 0 atom stereocenters. The van der Waals surface area contributed by atoms with Crippen molar-refractivity contribution in [2.45, 2.75) is 13.3 Å².